The standard InChI is InChI=1S/C21H23N3O6/c1-28-16-6-4-5-15(10-16)24-12-14(9-19(24)25)21(27)23-22-20(26)13-7-17(29-2)11-18(8-13)30-3/h4-8,10-11,14H,9,12H2,1-3H3,(H,22,26)(H,23,27)/t14-/m1/s1. The molecule has 2 aromatic carbocycles. The van der Waals surface area contributed by atoms with Crippen LogP contribution in [0, 0.1) is 5.92 Å². The van der Waals surface area contributed by atoms with Crippen molar-refractivity contribution in [3.63, 3.8) is 0 Å². The molecule has 0 saturated carbocycles. The lowest BCUT2D eigenvalue weighted by molar-refractivity contribution is -0.126. The molecular formula is C21H23N3O6. The van der Waals surface area contributed by atoms with E-state index in [1.807, 2.05) is 0 Å². The fourth-order valence-electron chi connectivity index (χ4n) is 3.14. The summed E-state index contributed by atoms with van der Waals surface area (Å²) in [7, 11) is 4.49. The van der Waals surface area contributed by atoms with Crippen LogP contribution >= 0.6 is 0 Å². The topological polar surface area (TPSA) is 106 Å². The van der Waals surface area contributed by atoms with Crippen LogP contribution in [-0.4, -0.2) is 45.6 Å². The summed E-state index contributed by atoms with van der Waals surface area (Å²) in [6.45, 7) is 0.209. The molecule has 1 aliphatic rings. The summed E-state index contributed by atoms with van der Waals surface area (Å²) >= 11 is 0. The monoisotopic (exact) mass is 413 g/mol. The number of carbonyl (C=O) groups excluding carboxylic acids is 3. The molecule has 0 radical (unpaired) electrons. The SMILES string of the molecule is COc1cc(OC)cc(C(=O)NNC(=O)[C@@H]2CC(=O)N(c3cccc(OC)c3)C2)c1. The fraction of sp³-hybridized carbons (Fsp3) is 0.286. The summed E-state index contributed by atoms with van der Waals surface area (Å²) in [4.78, 5) is 38.8. The highest BCUT2D eigenvalue weighted by Crippen LogP contribution is 2.28. The van der Waals surface area contributed by atoms with E-state index in [0.29, 0.717) is 22.9 Å². The average Bonchev–Trinajstić information content (AvgIpc) is 3.18. The van der Waals surface area contributed by atoms with Crippen molar-refractivity contribution in [2.75, 3.05) is 32.8 Å². The van der Waals surface area contributed by atoms with E-state index in [1.165, 1.54) is 31.3 Å². The van der Waals surface area contributed by atoms with Gasteiger partial charge in [-0.2, -0.15) is 0 Å². The van der Waals surface area contributed by atoms with Crippen LogP contribution in [0.4, 0.5) is 5.69 Å². The lowest BCUT2D eigenvalue weighted by Crippen LogP contribution is -2.45. The summed E-state index contributed by atoms with van der Waals surface area (Å²) in [5.74, 6) is -0.237. The molecule has 9 heteroatoms. The zero-order valence-electron chi connectivity index (χ0n) is 16.9. The van der Waals surface area contributed by atoms with E-state index in [0.717, 1.165) is 0 Å². The molecule has 1 heterocycles. The molecule has 1 fully saturated rings. The fourth-order valence-corrected chi connectivity index (χ4v) is 3.14. The molecule has 0 aliphatic carbocycles. The summed E-state index contributed by atoms with van der Waals surface area (Å²) in [6.07, 6.45) is 0.0475. The molecule has 1 aliphatic heterocycles. The first kappa shape index (κ1) is 21.0. The molecule has 3 amide bonds. The molecule has 2 N–H and O–H groups in total. The maximum Gasteiger partial charge on any atom is 0.269 e. The molecule has 0 unspecified atom stereocenters. The highest BCUT2D eigenvalue weighted by atomic mass is 16.5. The van der Waals surface area contributed by atoms with E-state index in [4.69, 9.17) is 14.2 Å². The second-order valence-corrected chi connectivity index (χ2v) is 6.65. The maximum atomic E-state index is 12.5. The van der Waals surface area contributed by atoms with Gasteiger partial charge >= 0.3 is 0 Å². The van der Waals surface area contributed by atoms with Crippen LogP contribution in [0.1, 0.15) is 16.8 Å². The number of amides is 3. The Labute approximate surface area is 173 Å². The van der Waals surface area contributed by atoms with Gasteiger partial charge in [-0.25, -0.2) is 0 Å². The van der Waals surface area contributed by atoms with Gasteiger partial charge in [-0.15, -0.1) is 0 Å². The van der Waals surface area contributed by atoms with Crippen LogP contribution < -0.4 is 30.0 Å². The number of ether oxygens (including phenoxy) is 3. The summed E-state index contributed by atoms with van der Waals surface area (Å²) < 4.78 is 15.5. The Balaban J connectivity index is 1.61. The van der Waals surface area contributed by atoms with Crippen molar-refractivity contribution in [3.05, 3.63) is 48.0 Å². The van der Waals surface area contributed by atoms with Crippen LogP contribution in [0.25, 0.3) is 0 Å². The number of methoxy groups -OCH3 is 3. The van der Waals surface area contributed by atoms with Gasteiger partial charge in [0.2, 0.25) is 11.8 Å². The largest absolute Gasteiger partial charge is 0.497 e. The van der Waals surface area contributed by atoms with Crippen molar-refractivity contribution >= 4 is 23.4 Å². The molecule has 0 bridgehead atoms. The van der Waals surface area contributed by atoms with Crippen LogP contribution in [-0.2, 0) is 9.59 Å². The molecule has 0 aromatic heterocycles. The van der Waals surface area contributed by atoms with Crippen LogP contribution in [0.5, 0.6) is 17.2 Å². The van der Waals surface area contributed by atoms with E-state index < -0.39 is 17.7 Å². The van der Waals surface area contributed by atoms with Gasteiger partial charge in [0.25, 0.3) is 5.91 Å². The van der Waals surface area contributed by atoms with Gasteiger partial charge in [-0.3, -0.25) is 25.2 Å². The number of anilines is 1. The maximum absolute atomic E-state index is 12.5. The third-order valence-electron chi connectivity index (χ3n) is 4.77. The molecule has 30 heavy (non-hydrogen) atoms. The Morgan fingerprint density at radius 1 is 0.933 bits per heavy atom. The lowest BCUT2D eigenvalue weighted by atomic mass is 10.1. The van der Waals surface area contributed by atoms with Crippen molar-refractivity contribution in [3.8, 4) is 17.2 Å². The zero-order chi connectivity index (χ0) is 21.7. The zero-order valence-corrected chi connectivity index (χ0v) is 16.9. The van der Waals surface area contributed by atoms with Crippen molar-refractivity contribution < 1.29 is 28.6 Å². The molecule has 1 saturated heterocycles. The first-order valence-corrected chi connectivity index (χ1v) is 9.23. The quantitative estimate of drug-likeness (QED) is 0.696. The molecule has 158 valence electrons. The van der Waals surface area contributed by atoms with Crippen LogP contribution in [0.3, 0.4) is 0 Å². The number of hydrogen-bond acceptors (Lipinski definition) is 6. The molecule has 0 spiro atoms. The Morgan fingerprint density at radius 2 is 1.60 bits per heavy atom. The molecule has 2 aromatic rings. The highest BCUT2D eigenvalue weighted by Gasteiger charge is 2.35. The summed E-state index contributed by atoms with van der Waals surface area (Å²) in [5.41, 5.74) is 5.67. The van der Waals surface area contributed by atoms with Crippen molar-refractivity contribution in [1.82, 2.24) is 10.9 Å². The number of hydrogen-bond donors (Lipinski definition) is 2. The number of nitrogens with one attached hydrogen (secondary N) is 2. The Hall–Kier alpha value is -3.75. The van der Waals surface area contributed by atoms with Crippen LogP contribution in [0.15, 0.2) is 42.5 Å². The third kappa shape index (κ3) is 4.62. The minimum absolute atomic E-state index is 0.0475. The van der Waals surface area contributed by atoms with Gasteiger partial charge in [-0.05, 0) is 24.3 Å². The normalized spacial score (nSPS) is 15.5. The van der Waals surface area contributed by atoms with E-state index >= 15 is 0 Å². The van der Waals surface area contributed by atoms with Gasteiger partial charge in [0.15, 0.2) is 0 Å². The second kappa shape index (κ2) is 9.17. The van der Waals surface area contributed by atoms with Crippen molar-refractivity contribution in [1.29, 1.82) is 0 Å². The van der Waals surface area contributed by atoms with Gasteiger partial charge in [0.05, 0.1) is 27.2 Å². The van der Waals surface area contributed by atoms with Crippen molar-refractivity contribution in [2.24, 2.45) is 5.92 Å². The Kier molecular flexibility index (Phi) is 6.41. The Morgan fingerprint density at radius 3 is 2.23 bits per heavy atom. The number of benzene rings is 2. The van der Waals surface area contributed by atoms with Gasteiger partial charge < -0.3 is 19.1 Å². The minimum Gasteiger partial charge on any atom is -0.497 e. The molecule has 3 rings (SSSR count). The van der Waals surface area contributed by atoms with E-state index in [-0.39, 0.29) is 24.4 Å². The molecule has 1 atom stereocenters. The first-order valence-electron chi connectivity index (χ1n) is 9.23. The number of carbonyl (C=O) groups is 3. The Bertz CT molecular complexity index is 939. The predicted octanol–water partition coefficient (Wildman–Crippen LogP) is 1.53. The lowest BCUT2D eigenvalue weighted by Gasteiger charge is -2.17. The van der Waals surface area contributed by atoms with Crippen LogP contribution in [0.2, 0.25) is 0 Å². The van der Waals surface area contributed by atoms with E-state index in [2.05, 4.69) is 10.9 Å². The number of rotatable bonds is 6. The molecular weight excluding hydrogens is 390 g/mol. The van der Waals surface area contributed by atoms with Gasteiger partial charge in [0, 0.05) is 36.3 Å². The third-order valence-corrected chi connectivity index (χ3v) is 4.77. The average molecular weight is 413 g/mol. The summed E-state index contributed by atoms with van der Waals surface area (Å²) in [6, 6.07) is 11.7. The van der Waals surface area contributed by atoms with Gasteiger partial charge in [0.1, 0.15) is 17.2 Å². The highest BCUT2D eigenvalue weighted by molar-refractivity contribution is 6.01. The number of nitrogens with zero attached hydrogens (tertiary/aromatic N) is 1. The van der Waals surface area contributed by atoms with E-state index in [9.17, 15) is 14.4 Å². The van der Waals surface area contributed by atoms with Crippen molar-refractivity contribution in [2.45, 2.75) is 6.42 Å². The minimum atomic E-state index is -0.594. The molecule has 9 nitrogen and oxygen atoms in total. The summed E-state index contributed by atoms with van der Waals surface area (Å²) in [5, 5.41) is 0. The predicted molar refractivity (Wildman–Crippen MR) is 109 cm³/mol. The number of hydrazine groups is 1. The second-order valence-electron chi connectivity index (χ2n) is 6.65. The van der Waals surface area contributed by atoms with E-state index in [1.54, 1.807) is 37.4 Å². The smallest absolute Gasteiger partial charge is 0.269 e. The van der Waals surface area contributed by atoms with Gasteiger partial charge in [-0.1, -0.05) is 6.07 Å². The first-order chi connectivity index (χ1) is 14.4.